The lowest BCUT2D eigenvalue weighted by atomic mass is 10.0. The zero-order chi connectivity index (χ0) is 10.1. The van der Waals surface area contributed by atoms with Gasteiger partial charge in [0.1, 0.15) is 5.78 Å². The summed E-state index contributed by atoms with van der Waals surface area (Å²) in [4.78, 5) is 11.3. The van der Waals surface area contributed by atoms with Gasteiger partial charge in [-0.2, -0.15) is 0 Å². The van der Waals surface area contributed by atoms with Crippen molar-refractivity contribution in [1.82, 2.24) is 0 Å². The molecule has 0 unspecified atom stereocenters. The minimum absolute atomic E-state index is 0.410. The van der Waals surface area contributed by atoms with Crippen LogP contribution in [0, 0.1) is 5.92 Å². The van der Waals surface area contributed by atoms with E-state index in [2.05, 4.69) is 13.8 Å². The van der Waals surface area contributed by atoms with Gasteiger partial charge in [-0.25, -0.2) is 0 Å². The molecule has 0 saturated carbocycles. The zero-order valence-electron chi connectivity index (χ0n) is 9.14. The number of hydrogen-bond acceptors (Lipinski definition) is 2. The monoisotopic (exact) mass is 186 g/mol. The number of hydrogen-bond donors (Lipinski definition) is 0. The lowest BCUT2D eigenvalue weighted by Gasteiger charge is -2.03. The van der Waals surface area contributed by atoms with E-state index >= 15 is 0 Å². The Hall–Kier alpha value is -0.370. The van der Waals surface area contributed by atoms with E-state index in [1.807, 2.05) is 0 Å². The van der Waals surface area contributed by atoms with Crippen LogP contribution >= 0.6 is 0 Å². The largest absolute Gasteiger partial charge is 0.385 e. The third-order valence-electron chi connectivity index (χ3n) is 1.94. The van der Waals surface area contributed by atoms with Crippen LogP contribution in [0.4, 0.5) is 0 Å². The first-order valence-corrected chi connectivity index (χ1v) is 5.17. The predicted molar refractivity (Wildman–Crippen MR) is 54.8 cm³/mol. The fraction of sp³-hybridized carbons (Fsp3) is 0.909. The number of ketones is 1. The molecular formula is C11H22O2. The van der Waals surface area contributed by atoms with Crippen LogP contribution in [0.1, 0.15) is 46.0 Å². The molecule has 0 aliphatic carbocycles. The highest BCUT2D eigenvalue weighted by molar-refractivity contribution is 5.78. The number of carbonyl (C=O) groups excluding carboxylic acids is 1. The summed E-state index contributed by atoms with van der Waals surface area (Å²) < 4.78 is 4.93. The fourth-order valence-electron chi connectivity index (χ4n) is 1.30. The number of ether oxygens (including phenoxy) is 1. The highest BCUT2D eigenvalue weighted by atomic mass is 16.5. The van der Waals surface area contributed by atoms with E-state index in [9.17, 15) is 4.79 Å². The molecule has 0 fully saturated rings. The van der Waals surface area contributed by atoms with Crippen LogP contribution in [0.25, 0.3) is 0 Å². The van der Waals surface area contributed by atoms with Crippen LogP contribution in [-0.4, -0.2) is 19.5 Å². The zero-order valence-corrected chi connectivity index (χ0v) is 9.14. The minimum atomic E-state index is 0.410. The molecule has 13 heavy (non-hydrogen) atoms. The third kappa shape index (κ3) is 9.54. The summed E-state index contributed by atoms with van der Waals surface area (Å²) >= 11 is 0. The van der Waals surface area contributed by atoms with Gasteiger partial charge in [-0.05, 0) is 18.8 Å². The molecule has 0 aliphatic rings. The maximum absolute atomic E-state index is 11.3. The summed E-state index contributed by atoms with van der Waals surface area (Å²) in [5.74, 6) is 0.916. The molecule has 0 bridgehead atoms. The van der Waals surface area contributed by atoms with Gasteiger partial charge in [0.2, 0.25) is 0 Å². The number of methoxy groups -OCH3 is 1. The maximum Gasteiger partial charge on any atom is 0.133 e. The molecule has 0 spiro atoms. The lowest BCUT2D eigenvalue weighted by molar-refractivity contribution is -0.119. The maximum atomic E-state index is 11.3. The van der Waals surface area contributed by atoms with Crippen molar-refractivity contribution in [2.75, 3.05) is 13.7 Å². The first kappa shape index (κ1) is 12.6. The molecule has 0 saturated heterocycles. The smallest absolute Gasteiger partial charge is 0.133 e. The second kappa shape index (κ2) is 8.24. The van der Waals surface area contributed by atoms with Crippen molar-refractivity contribution in [1.29, 1.82) is 0 Å². The molecule has 0 rings (SSSR count). The molecule has 2 heteroatoms. The molecule has 78 valence electrons. The summed E-state index contributed by atoms with van der Waals surface area (Å²) in [7, 11) is 1.71. The Morgan fingerprint density at radius 3 is 2.46 bits per heavy atom. The average Bonchev–Trinajstić information content (AvgIpc) is 2.02. The van der Waals surface area contributed by atoms with E-state index in [1.54, 1.807) is 7.11 Å². The van der Waals surface area contributed by atoms with E-state index in [4.69, 9.17) is 4.74 Å². The van der Waals surface area contributed by atoms with Gasteiger partial charge in [-0.1, -0.05) is 20.3 Å². The van der Waals surface area contributed by atoms with E-state index in [0.717, 1.165) is 38.7 Å². The van der Waals surface area contributed by atoms with Crippen LogP contribution in [0.5, 0.6) is 0 Å². The molecule has 0 atom stereocenters. The molecule has 0 heterocycles. The summed E-state index contributed by atoms with van der Waals surface area (Å²) in [5, 5.41) is 0. The molecule has 0 aliphatic heterocycles. The number of carbonyl (C=O) groups is 1. The van der Waals surface area contributed by atoms with Crippen LogP contribution in [0.3, 0.4) is 0 Å². The molecule has 0 radical (unpaired) electrons. The Bertz CT molecular complexity index is 130. The van der Waals surface area contributed by atoms with Gasteiger partial charge in [0, 0.05) is 26.6 Å². The predicted octanol–water partition coefficient (Wildman–Crippen LogP) is 2.81. The van der Waals surface area contributed by atoms with E-state index in [0.29, 0.717) is 11.7 Å². The van der Waals surface area contributed by atoms with Crippen LogP contribution in [0.15, 0.2) is 0 Å². The molecule has 0 N–H and O–H groups in total. The first-order chi connectivity index (χ1) is 6.16. The van der Waals surface area contributed by atoms with E-state index in [-0.39, 0.29) is 0 Å². The molecule has 0 aromatic heterocycles. The number of unbranched alkanes of at least 4 members (excludes halogenated alkanes) is 2. The van der Waals surface area contributed by atoms with Crippen molar-refractivity contribution in [2.24, 2.45) is 5.92 Å². The van der Waals surface area contributed by atoms with Gasteiger partial charge in [0.25, 0.3) is 0 Å². The molecule has 0 aromatic carbocycles. The minimum Gasteiger partial charge on any atom is -0.385 e. The SMILES string of the molecule is COCCCCCC(=O)CC(C)C. The highest BCUT2D eigenvalue weighted by Gasteiger charge is 2.03. The third-order valence-corrected chi connectivity index (χ3v) is 1.94. The Morgan fingerprint density at radius 1 is 1.23 bits per heavy atom. The highest BCUT2D eigenvalue weighted by Crippen LogP contribution is 2.07. The van der Waals surface area contributed by atoms with Gasteiger partial charge in [-0.15, -0.1) is 0 Å². The van der Waals surface area contributed by atoms with E-state index < -0.39 is 0 Å². The second-order valence-corrected chi connectivity index (χ2v) is 3.94. The van der Waals surface area contributed by atoms with E-state index in [1.165, 1.54) is 0 Å². The number of rotatable bonds is 8. The first-order valence-electron chi connectivity index (χ1n) is 5.17. The molecular weight excluding hydrogens is 164 g/mol. The van der Waals surface area contributed by atoms with Crippen LogP contribution < -0.4 is 0 Å². The van der Waals surface area contributed by atoms with Crippen molar-refractivity contribution in [3.05, 3.63) is 0 Å². The van der Waals surface area contributed by atoms with Gasteiger partial charge < -0.3 is 4.74 Å². The summed E-state index contributed by atoms with van der Waals surface area (Å²) in [6.45, 7) is 4.99. The van der Waals surface area contributed by atoms with Crippen molar-refractivity contribution in [3.8, 4) is 0 Å². The van der Waals surface area contributed by atoms with Crippen molar-refractivity contribution >= 4 is 5.78 Å². The Balaban J connectivity index is 3.17. The second-order valence-electron chi connectivity index (χ2n) is 3.94. The normalized spacial score (nSPS) is 10.8. The summed E-state index contributed by atoms with van der Waals surface area (Å²) in [6, 6.07) is 0. The van der Waals surface area contributed by atoms with Crippen molar-refractivity contribution in [2.45, 2.75) is 46.0 Å². The Labute approximate surface area is 81.7 Å². The Kier molecular flexibility index (Phi) is 8.00. The molecule has 0 aromatic rings. The quantitative estimate of drug-likeness (QED) is 0.545. The van der Waals surface area contributed by atoms with Gasteiger partial charge in [-0.3, -0.25) is 4.79 Å². The van der Waals surface area contributed by atoms with Crippen LogP contribution in [0.2, 0.25) is 0 Å². The standard InChI is InChI=1S/C11H22O2/c1-10(2)9-11(12)7-5-4-6-8-13-3/h10H,4-9H2,1-3H3. The molecule has 2 nitrogen and oxygen atoms in total. The average molecular weight is 186 g/mol. The Morgan fingerprint density at radius 2 is 1.92 bits per heavy atom. The van der Waals surface area contributed by atoms with Crippen molar-refractivity contribution in [3.63, 3.8) is 0 Å². The lowest BCUT2D eigenvalue weighted by Crippen LogP contribution is -2.02. The summed E-state index contributed by atoms with van der Waals surface area (Å²) in [5.41, 5.74) is 0. The number of Topliss-reactive ketones (excluding diaryl/α,β-unsaturated/α-hetero) is 1. The van der Waals surface area contributed by atoms with Gasteiger partial charge >= 0.3 is 0 Å². The fourth-order valence-corrected chi connectivity index (χ4v) is 1.30. The van der Waals surface area contributed by atoms with Crippen LogP contribution in [-0.2, 0) is 9.53 Å². The van der Waals surface area contributed by atoms with Gasteiger partial charge in [0.05, 0.1) is 0 Å². The molecule has 0 amide bonds. The van der Waals surface area contributed by atoms with Gasteiger partial charge in [0.15, 0.2) is 0 Å². The topological polar surface area (TPSA) is 26.3 Å². The van der Waals surface area contributed by atoms with Crippen molar-refractivity contribution < 1.29 is 9.53 Å². The summed E-state index contributed by atoms with van der Waals surface area (Å²) in [6.07, 6.45) is 4.70.